The Morgan fingerprint density at radius 2 is 1.76 bits per heavy atom. The molecule has 0 amide bonds. The predicted octanol–water partition coefficient (Wildman–Crippen LogP) is 2.31. The Hall–Kier alpha value is -0.580. The van der Waals surface area contributed by atoms with Crippen molar-refractivity contribution < 1.29 is 0 Å². The van der Waals surface area contributed by atoms with Crippen molar-refractivity contribution in [3.8, 4) is 0 Å². The van der Waals surface area contributed by atoms with Gasteiger partial charge in [-0.15, -0.1) is 10.2 Å². The maximum Gasteiger partial charge on any atom is 0.175 e. The van der Waals surface area contributed by atoms with Crippen LogP contribution in [0, 0.1) is 0 Å². The number of piperazine rings is 1. The van der Waals surface area contributed by atoms with Gasteiger partial charge in [0.05, 0.1) is 5.69 Å². The Bertz CT molecular complexity index is 400. The van der Waals surface area contributed by atoms with Gasteiger partial charge in [-0.3, -0.25) is 4.90 Å². The molecule has 2 heterocycles. The molecular formula is C11H16Cl2N4. The number of hydrogen-bond acceptors (Lipinski definition) is 4. The van der Waals surface area contributed by atoms with Crippen LogP contribution in [0.1, 0.15) is 13.8 Å². The van der Waals surface area contributed by atoms with Crippen molar-refractivity contribution in [3.63, 3.8) is 0 Å². The Morgan fingerprint density at radius 3 is 2.35 bits per heavy atom. The second-order valence-corrected chi connectivity index (χ2v) is 5.36. The molecule has 0 aromatic carbocycles. The van der Waals surface area contributed by atoms with Crippen molar-refractivity contribution in [2.24, 2.45) is 0 Å². The average Bonchev–Trinajstić information content (AvgIpc) is 2.28. The molecule has 6 heteroatoms. The second kappa shape index (κ2) is 4.96. The van der Waals surface area contributed by atoms with Crippen LogP contribution in [-0.2, 0) is 0 Å². The highest BCUT2D eigenvalue weighted by Gasteiger charge is 2.28. The summed E-state index contributed by atoms with van der Waals surface area (Å²) in [4.78, 5) is 4.58. The predicted molar refractivity (Wildman–Crippen MR) is 71.0 cm³/mol. The summed E-state index contributed by atoms with van der Waals surface area (Å²) in [6.45, 7) is 6.24. The number of halogens is 2. The molecule has 1 aliphatic rings. The van der Waals surface area contributed by atoms with Crippen LogP contribution in [0.15, 0.2) is 6.07 Å². The zero-order valence-corrected chi connectivity index (χ0v) is 11.7. The number of rotatable bonds is 1. The zero-order valence-electron chi connectivity index (χ0n) is 10.2. The minimum atomic E-state index is 0.378. The molecule has 1 saturated heterocycles. The first-order valence-electron chi connectivity index (χ1n) is 5.64. The van der Waals surface area contributed by atoms with E-state index in [0.29, 0.717) is 22.4 Å². The van der Waals surface area contributed by atoms with E-state index in [1.165, 1.54) is 0 Å². The summed E-state index contributed by atoms with van der Waals surface area (Å²) < 4.78 is 0. The lowest BCUT2D eigenvalue weighted by Crippen LogP contribution is -2.55. The molecule has 1 aliphatic heterocycles. The van der Waals surface area contributed by atoms with Crippen molar-refractivity contribution in [3.05, 3.63) is 16.4 Å². The first kappa shape index (κ1) is 12.9. The Labute approximate surface area is 112 Å². The summed E-state index contributed by atoms with van der Waals surface area (Å²) >= 11 is 11.9. The number of nitrogens with zero attached hydrogens (tertiary/aromatic N) is 4. The summed E-state index contributed by atoms with van der Waals surface area (Å²) in [5.41, 5.74) is 0.874. The highest BCUT2D eigenvalue weighted by atomic mass is 35.5. The highest BCUT2D eigenvalue weighted by Crippen LogP contribution is 2.28. The van der Waals surface area contributed by atoms with Gasteiger partial charge in [-0.05, 0) is 20.9 Å². The molecule has 4 nitrogen and oxygen atoms in total. The molecule has 2 unspecified atom stereocenters. The van der Waals surface area contributed by atoms with Gasteiger partial charge in [0.15, 0.2) is 10.3 Å². The van der Waals surface area contributed by atoms with Crippen LogP contribution in [0.25, 0.3) is 0 Å². The van der Waals surface area contributed by atoms with Crippen molar-refractivity contribution in [2.45, 2.75) is 25.9 Å². The molecule has 17 heavy (non-hydrogen) atoms. The molecule has 2 rings (SSSR count). The van der Waals surface area contributed by atoms with Gasteiger partial charge in [0.25, 0.3) is 0 Å². The van der Waals surface area contributed by atoms with E-state index in [1.807, 2.05) is 0 Å². The van der Waals surface area contributed by atoms with Crippen molar-refractivity contribution in [1.29, 1.82) is 0 Å². The minimum Gasteiger partial charge on any atom is -0.366 e. The maximum absolute atomic E-state index is 6.07. The second-order valence-electron chi connectivity index (χ2n) is 4.61. The van der Waals surface area contributed by atoms with E-state index >= 15 is 0 Å². The summed E-state index contributed by atoms with van der Waals surface area (Å²) in [6.07, 6.45) is 0. The van der Waals surface area contributed by atoms with Crippen molar-refractivity contribution in [2.75, 3.05) is 25.0 Å². The first-order valence-corrected chi connectivity index (χ1v) is 6.40. The monoisotopic (exact) mass is 274 g/mol. The van der Waals surface area contributed by atoms with Crippen LogP contribution in [0.5, 0.6) is 0 Å². The van der Waals surface area contributed by atoms with Gasteiger partial charge >= 0.3 is 0 Å². The van der Waals surface area contributed by atoms with Crippen LogP contribution < -0.4 is 4.90 Å². The summed E-state index contributed by atoms with van der Waals surface area (Å²) in [5.74, 6) is 0. The average molecular weight is 275 g/mol. The van der Waals surface area contributed by atoms with Crippen LogP contribution in [-0.4, -0.2) is 47.3 Å². The van der Waals surface area contributed by atoms with E-state index in [0.717, 1.165) is 18.8 Å². The number of anilines is 1. The largest absolute Gasteiger partial charge is 0.366 e. The highest BCUT2D eigenvalue weighted by molar-refractivity contribution is 6.33. The summed E-state index contributed by atoms with van der Waals surface area (Å²) in [6, 6.07) is 2.73. The smallest absolute Gasteiger partial charge is 0.175 e. The zero-order chi connectivity index (χ0) is 12.6. The normalized spacial score (nSPS) is 26.3. The van der Waals surface area contributed by atoms with Crippen molar-refractivity contribution in [1.82, 2.24) is 15.1 Å². The van der Waals surface area contributed by atoms with Gasteiger partial charge in [-0.2, -0.15) is 0 Å². The molecule has 1 aromatic heterocycles. The molecule has 0 radical (unpaired) electrons. The number of likely N-dealkylation sites (N-methyl/N-ethyl adjacent to an activating group) is 1. The van der Waals surface area contributed by atoms with Gasteiger partial charge in [0, 0.05) is 31.2 Å². The lowest BCUT2D eigenvalue weighted by Gasteiger charge is -2.43. The fourth-order valence-corrected chi connectivity index (χ4v) is 2.52. The number of aromatic nitrogens is 2. The van der Waals surface area contributed by atoms with E-state index in [1.54, 1.807) is 6.07 Å². The third-order valence-electron chi connectivity index (χ3n) is 3.40. The SMILES string of the molecule is CC1CN(c2cc(Cl)nnc2Cl)CC(C)N1C. The molecular weight excluding hydrogens is 259 g/mol. The van der Waals surface area contributed by atoms with E-state index in [4.69, 9.17) is 23.2 Å². The van der Waals surface area contributed by atoms with Gasteiger partial charge in [0.2, 0.25) is 0 Å². The molecule has 0 saturated carbocycles. The van der Waals surface area contributed by atoms with Gasteiger partial charge in [0.1, 0.15) is 0 Å². The molecule has 0 N–H and O–H groups in total. The standard InChI is InChI=1S/C11H16Cl2N4/c1-7-5-17(6-8(2)16(7)3)9-4-10(12)14-15-11(9)13/h4,7-8H,5-6H2,1-3H3. The van der Waals surface area contributed by atoms with E-state index in [-0.39, 0.29) is 0 Å². The Morgan fingerprint density at radius 1 is 1.18 bits per heavy atom. The topological polar surface area (TPSA) is 32.3 Å². The van der Waals surface area contributed by atoms with Crippen LogP contribution in [0.2, 0.25) is 10.3 Å². The lowest BCUT2D eigenvalue weighted by atomic mass is 10.1. The number of hydrogen-bond donors (Lipinski definition) is 0. The molecule has 94 valence electrons. The third kappa shape index (κ3) is 2.64. The first-order chi connectivity index (χ1) is 7.99. The summed E-state index contributed by atoms with van der Waals surface area (Å²) in [5, 5.41) is 8.38. The molecule has 0 bridgehead atoms. The molecule has 0 spiro atoms. The molecule has 1 fully saturated rings. The van der Waals surface area contributed by atoms with Gasteiger partial charge in [-0.25, -0.2) is 0 Å². The maximum atomic E-state index is 6.07. The fourth-order valence-electron chi connectivity index (χ4n) is 2.17. The van der Waals surface area contributed by atoms with Gasteiger partial charge < -0.3 is 4.90 Å². The molecule has 2 atom stereocenters. The lowest BCUT2D eigenvalue weighted by molar-refractivity contribution is 0.170. The van der Waals surface area contributed by atoms with Crippen LogP contribution in [0.3, 0.4) is 0 Å². The minimum absolute atomic E-state index is 0.378. The quantitative estimate of drug-likeness (QED) is 0.787. The van der Waals surface area contributed by atoms with Crippen LogP contribution in [0.4, 0.5) is 5.69 Å². The molecule has 1 aromatic rings. The van der Waals surface area contributed by atoms with Crippen LogP contribution >= 0.6 is 23.2 Å². The van der Waals surface area contributed by atoms with Gasteiger partial charge in [-0.1, -0.05) is 23.2 Å². The van der Waals surface area contributed by atoms with E-state index in [9.17, 15) is 0 Å². The Balaban J connectivity index is 2.25. The van der Waals surface area contributed by atoms with Crippen molar-refractivity contribution >= 4 is 28.9 Å². The molecule has 0 aliphatic carbocycles. The van der Waals surface area contributed by atoms with E-state index in [2.05, 4.69) is 40.9 Å². The van der Waals surface area contributed by atoms with E-state index < -0.39 is 0 Å². The third-order valence-corrected chi connectivity index (χ3v) is 3.85. The Kier molecular flexibility index (Phi) is 3.76. The fraction of sp³-hybridized carbons (Fsp3) is 0.636. The summed E-state index contributed by atoms with van der Waals surface area (Å²) in [7, 11) is 2.14.